The Kier molecular flexibility index (Phi) is 16.8. The van der Waals surface area contributed by atoms with Crippen LogP contribution in [0.25, 0.3) is 11.3 Å². The number of carbonyl (C=O) groups excluding carboxylic acids is 3. The van der Waals surface area contributed by atoms with Gasteiger partial charge in [0.15, 0.2) is 0 Å². The van der Waals surface area contributed by atoms with Crippen molar-refractivity contribution in [2.24, 2.45) is 10.8 Å². The predicted octanol–water partition coefficient (Wildman–Crippen LogP) is 5.25. The minimum absolute atomic E-state index is 0.0000398. The molecular formula is C53H65F2N9O8. The second-order valence-corrected chi connectivity index (χ2v) is 20.8. The maximum Gasteiger partial charge on any atom is 0.407 e. The molecule has 2 bridgehead atoms. The van der Waals surface area contributed by atoms with E-state index in [0.717, 1.165) is 61.9 Å². The number of nitrogens with zero attached hydrogens (tertiary/aromatic N) is 5. The number of fused-ring (bicyclic) bond motifs is 2. The van der Waals surface area contributed by atoms with Crippen LogP contribution in [0.5, 0.6) is 0 Å². The molecule has 384 valence electrons. The van der Waals surface area contributed by atoms with Crippen molar-refractivity contribution in [1.29, 1.82) is 0 Å². The molecule has 0 radical (unpaired) electrons. The van der Waals surface area contributed by atoms with Gasteiger partial charge in [0.05, 0.1) is 44.2 Å². The zero-order valence-corrected chi connectivity index (χ0v) is 41.7. The highest BCUT2D eigenvalue weighted by Crippen LogP contribution is 2.35. The number of alkyl carbamates (subject to hydrolysis) is 1. The Hall–Kier alpha value is -6.72. The van der Waals surface area contributed by atoms with E-state index < -0.39 is 89.3 Å². The van der Waals surface area contributed by atoms with Crippen LogP contribution in [0.15, 0.2) is 79.1 Å². The summed E-state index contributed by atoms with van der Waals surface area (Å²) >= 11 is 0. The second-order valence-electron chi connectivity index (χ2n) is 20.8. The van der Waals surface area contributed by atoms with Crippen molar-refractivity contribution in [1.82, 2.24) is 41.3 Å². The monoisotopic (exact) mass is 993 g/mol. The normalized spacial score (nSPS) is 18.7. The molecule has 4 amide bonds. The summed E-state index contributed by atoms with van der Waals surface area (Å²) in [5, 5.41) is 30.5. The minimum Gasteiger partial charge on any atom is -0.465 e. The van der Waals surface area contributed by atoms with Gasteiger partial charge in [0.25, 0.3) is 5.91 Å². The van der Waals surface area contributed by atoms with Gasteiger partial charge in [-0.25, -0.2) is 28.4 Å². The summed E-state index contributed by atoms with van der Waals surface area (Å²) < 4.78 is 42.2. The number of aliphatic hydroxyl groups excluding tert-OH is 1. The van der Waals surface area contributed by atoms with E-state index in [9.17, 15) is 29.4 Å². The number of piperazine rings is 1. The van der Waals surface area contributed by atoms with Crippen molar-refractivity contribution in [3.8, 4) is 23.1 Å². The van der Waals surface area contributed by atoms with Crippen molar-refractivity contribution in [3.05, 3.63) is 113 Å². The van der Waals surface area contributed by atoms with Gasteiger partial charge in [-0.15, -0.1) is 0 Å². The maximum atomic E-state index is 16.0. The molecule has 0 aliphatic carbocycles. The number of anilines is 1. The van der Waals surface area contributed by atoms with Crippen LogP contribution >= 0.6 is 0 Å². The number of carboxylic acid groups (broad SMARTS) is 1. The Morgan fingerprint density at radius 1 is 0.833 bits per heavy atom. The van der Waals surface area contributed by atoms with Gasteiger partial charge >= 0.3 is 12.2 Å². The van der Waals surface area contributed by atoms with Crippen LogP contribution in [0.3, 0.4) is 0 Å². The zero-order chi connectivity index (χ0) is 51.9. The number of rotatable bonds is 16. The lowest BCUT2D eigenvalue weighted by Crippen LogP contribution is -2.62. The Morgan fingerprint density at radius 3 is 2.00 bits per heavy atom. The van der Waals surface area contributed by atoms with Crippen molar-refractivity contribution in [3.63, 3.8) is 0 Å². The molecular weight excluding hydrogens is 929 g/mol. The molecule has 3 aliphatic heterocycles. The first-order chi connectivity index (χ1) is 34.2. The molecule has 6 unspecified atom stereocenters. The fourth-order valence-corrected chi connectivity index (χ4v) is 9.43. The molecule has 19 heteroatoms. The molecule has 2 aromatic carbocycles. The van der Waals surface area contributed by atoms with Gasteiger partial charge in [-0.05, 0) is 84.2 Å². The lowest BCUT2D eigenvalue weighted by molar-refractivity contribution is -0.132. The number of nitrogens with one attached hydrogen (secondary N) is 4. The Morgan fingerprint density at radius 2 is 1.46 bits per heavy atom. The number of aliphatic hydroxyl groups is 1. The summed E-state index contributed by atoms with van der Waals surface area (Å²) in [4.78, 5) is 66.3. The molecule has 3 fully saturated rings. The summed E-state index contributed by atoms with van der Waals surface area (Å²) in [6.07, 6.45) is 1.71. The van der Waals surface area contributed by atoms with Crippen LogP contribution in [-0.4, -0.2) is 136 Å². The predicted molar refractivity (Wildman–Crippen MR) is 265 cm³/mol. The maximum absolute atomic E-state index is 16.0. The third-order valence-corrected chi connectivity index (χ3v) is 13.3. The van der Waals surface area contributed by atoms with Crippen molar-refractivity contribution in [2.75, 3.05) is 44.9 Å². The molecule has 0 spiro atoms. The third-order valence-electron chi connectivity index (χ3n) is 13.3. The van der Waals surface area contributed by atoms with E-state index in [0.29, 0.717) is 34.9 Å². The lowest BCUT2D eigenvalue weighted by Gasteiger charge is -2.47. The minimum atomic E-state index is -1.57. The van der Waals surface area contributed by atoms with E-state index >= 15 is 8.78 Å². The highest BCUT2D eigenvalue weighted by Gasteiger charge is 2.45. The Labute approximate surface area is 419 Å². The van der Waals surface area contributed by atoms with Crippen LogP contribution in [0.4, 0.5) is 24.2 Å². The van der Waals surface area contributed by atoms with E-state index in [1.807, 2.05) is 12.1 Å². The molecule has 5 heterocycles. The first-order valence-electron chi connectivity index (χ1n) is 24.1. The largest absolute Gasteiger partial charge is 0.465 e. The van der Waals surface area contributed by atoms with Gasteiger partial charge in [0.1, 0.15) is 29.5 Å². The van der Waals surface area contributed by atoms with E-state index in [1.54, 1.807) is 90.2 Å². The molecule has 3 aliphatic rings. The summed E-state index contributed by atoms with van der Waals surface area (Å²) in [5.41, 5.74) is 2.84. The van der Waals surface area contributed by atoms with Gasteiger partial charge in [-0.3, -0.25) is 24.9 Å². The Balaban J connectivity index is 1.12. The molecule has 2 aromatic heterocycles. The molecule has 0 saturated carbocycles. The molecule has 4 aromatic rings. The van der Waals surface area contributed by atoms with E-state index in [1.165, 1.54) is 19.0 Å². The number of benzene rings is 2. The molecule has 7 rings (SSSR count). The quantitative estimate of drug-likeness (QED) is 0.0627. The number of ether oxygens (including phenoxy) is 2. The van der Waals surface area contributed by atoms with Crippen LogP contribution in [0, 0.1) is 34.3 Å². The fraction of sp³-hybridized carbons (Fsp3) is 0.472. The van der Waals surface area contributed by atoms with Crippen LogP contribution in [0.1, 0.15) is 76.6 Å². The van der Waals surface area contributed by atoms with Gasteiger partial charge in [0, 0.05) is 72.9 Å². The van der Waals surface area contributed by atoms with E-state index in [-0.39, 0.29) is 12.0 Å². The highest BCUT2D eigenvalue weighted by molar-refractivity contribution is 5.87. The first-order valence-corrected chi connectivity index (χ1v) is 24.1. The molecule has 6 N–H and O–H groups in total. The van der Waals surface area contributed by atoms with Crippen LogP contribution in [0.2, 0.25) is 0 Å². The number of hydrogen-bond acceptors (Lipinski definition) is 12. The standard InChI is InChI=1S/C53H65F2N9O8/c1-52(2,3)46(60-51(70)71-7)48(66)58-43(22-33-14-11-32(12-15-33)13-16-34-17-20-45(57-25-34)62-26-36-18-19-37(27-62)64(36)38-30-72-31-38)44(65)29-63(61-49(67)47(53(4,5)6)59-50(68)69)28-39-40(54)23-35(24-41(39)55)42-10-8-9-21-56-42/h8-12,14-15,17,20-21,23-25,36-38,43-44,46-47,59,65H,18-19,22,26-31H2,1-7H3,(H,58,66)(H,60,70)(H,61,67)(H,68,69). The van der Waals surface area contributed by atoms with Crippen LogP contribution in [-0.2, 0) is 32.0 Å². The first kappa shape index (κ1) is 53.1. The number of methoxy groups -OCH3 is 1. The number of carbonyl (C=O) groups is 4. The summed E-state index contributed by atoms with van der Waals surface area (Å²) in [5.74, 6) is 3.80. The Bertz CT molecular complexity index is 2580. The lowest BCUT2D eigenvalue weighted by atomic mass is 9.85. The summed E-state index contributed by atoms with van der Waals surface area (Å²) in [7, 11) is 1.16. The molecule has 17 nitrogen and oxygen atoms in total. The molecule has 3 saturated heterocycles. The summed E-state index contributed by atoms with van der Waals surface area (Å²) in [6, 6.07) is 16.1. The number of aromatic nitrogens is 2. The third kappa shape index (κ3) is 13.4. The van der Waals surface area contributed by atoms with Crippen molar-refractivity contribution in [2.45, 2.75) is 110 Å². The van der Waals surface area contributed by atoms with Gasteiger partial charge in [-0.1, -0.05) is 71.6 Å². The molecule has 6 atom stereocenters. The van der Waals surface area contributed by atoms with Crippen molar-refractivity contribution >= 4 is 29.8 Å². The number of hydrazine groups is 1. The average Bonchev–Trinajstić information content (AvgIpc) is 3.54. The highest BCUT2D eigenvalue weighted by atomic mass is 19.1. The van der Waals surface area contributed by atoms with E-state index in [2.05, 4.69) is 48.0 Å². The van der Waals surface area contributed by atoms with E-state index in [4.69, 9.17) is 14.5 Å². The number of amides is 4. The fourth-order valence-electron chi connectivity index (χ4n) is 9.43. The SMILES string of the molecule is COC(=O)NC(C(=O)NC(Cc1ccc(C#Cc2ccc(N3CC4CCC(C3)N4C3COC3)nc2)cc1)C(O)CN(Cc1c(F)cc(-c2ccccn2)cc1F)NC(=O)C(NC(=O)O)C(C)(C)C)C(C)(C)C. The molecule has 72 heavy (non-hydrogen) atoms. The topological polar surface area (TPSA) is 211 Å². The van der Waals surface area contributed by atoms with Crippen molar-refractivity contribution < 1.29 is 47.6 Å². The average molecular weight is 994 g/mol. The number of pyridine rings is 2. The zero-order valence-electron chi connectivity index (χ0n) is 41.7. The number of halogens is 2. The summed E-state index contributed by atoms with van der Waals surface area (Å²) in [6.45, 7) is 12.4. The van der Waals surface area contributed by atoms with Gasteiger partial charge in [-0.2, -0.15) is 0 Å². The van der Waals surface area contributed by atoms with Crippen LogP contribution < -0.4 is 26.3 Å². The smallest absolute Gasteiger partial charge is 0.407 e. The van der Waals surface area contributed by atoms with Gasteiger partial charge in [0.2, 0.25) is 5.91 Å². The van der Waals surface area contributed by atoms with Gasteiger partial charge < -0.3 is 40.5 Å². The number of hydrogen-bond donors (Lipinski definition) is 6. The second kappa shape index (κ2) is 22.8.